The van der Waals surface area contributed by atoms with Crippen LogP contribution in [0.2, 0.25) is 0 Å². The highest BCUT2D eigenvalue weighted by Crippen LogP contribution is 2.14. The maximum atomic E-state index is 11.4. The molecule has 1 fully saturated rings. The van der Waals surface area contributed by atoms with Crippen molar-refractivity contribution in [3.05, 3.63) is 0 Å². The van der Waals surface area contributed by atoms with Gasteiger partial charge in [0.2, 0.25) is 5.91 Å². The van der Waals surface area contributed by atoms with Crippen LogP contribution in [0.4, 0.5) is 0 Å². The van der Waals surface area contributed by atoms with Gasteiger partial charge in [-0.25, -0.2) is 0 Å². The van der Waals surface area contributed by atoms with E-state index in [1.54, 1.807) is 20.9 Å². The van der Waals surface area contributed by atoms with E-state index in [2.05, 4.69) is 10.6 Å². The van der Waals surface area contributed by atoms with Crippen LogP contribution in [0.25, 0.3) is 0 Å². The van der Waals surface area contributed by atoms with Crippen molar-refractivity contribution in [3.63, 3.8) is 0 Å². The molecule has 0 radical (unpaired) electrons. The summed E-state index contributed by atoms with van der Waals surface area (Å²) in [5.74, 6) is -0.359. The van der Waals surface area contributed by atoms with Crippen molar-refractivity contribution < 1.29 is 14.3 Å². The van der Waals surface area contributed by atoms with Gasteiger partial charge in [0.15, 0.2) is 0 Å². The molecule has 0 saturated carbocycles. The molecule has 0 aromatic carbocycles. The number of hydrogen-bond donors (Lipinski definition) is 2. The second-order valence-corrected chi connectivity index (χ2v) is 3.52. The molecule has 0 aliphatic carbocycles. The Labute approximate surface area is 83.2 Å². The molecular weight excluding hydrogens is 184 g/mol. The maximum absolute atomic E-state index is 11.4. The van der Waals surface area contributed by atoms with Crippen LogP contribution in [0.1, 0.15) is 20.3 Å². The van der Waals surface area contributed by atoms with Gasteiger partial charge in [0.1, 0.15) is 6.10 Å². The number of nitrogens with one attached hydrogen (secondary N) is 2. The van der Waals surface area contributed by atoms with Crippen molar-refractivity contribution in [3.8, 4) is 0 Å². The van der Waals surface area contributed by atoms with E-state index in [9.17, 15) is 9.59 Å². The Morgan fingerprint density at radius 2 is 2.29 bits per heavy atom. The first-order chi connectivity index (χ1) is 6.54. The highest BCUT2D eigenvalue weighted by Gasteiger charge is 2.32. The van der Waals surface area contributed by atoms with Crippen LogP contribution < -0.4 is 10.6 Å². The van der Waals surface area contributed by atoms with Crippen LogP contribution in [0.3, 0.4) is 0 Å². The summed E-state index contributed by atoms with van der Waals surface area (Å²) < 4.78 is 4.91. The lowest BCUT2D eigenvalue weighted by molar-refractivity contribution is -0.141. The highest BCUT2D eigenvalue weighted by molar-refractivity contribution is 5.83. The lowest BCUT2D eigenvalue weighted by Gasteiger charge is -2.17. The van der Waals surface area contributed by atoms with E-state index in [0.717, 1.165) is 0 Å². The Morgan fingerprint density at radius 3 is 2.71 bits per heavy atom. The minimum atomic E-state index is -0.252. The summed E-state index contributed by atoms with van der Waals surface area (Å²) >= 11 is 0. The lowest BCUT2D eigenvalue weighted by Crippen LogP contribution is -2.47. The van der Waals surface area contributed by atoms with Crippen LogP contribution >= 0.6 is 0 Å². The number of amides is 1. The van der Waals surface area contributed by atoms with Crippen molar-refractivity contribution in [2.24, 2.45) is 0 Å². The van der Waals surface area contributed by atoms with Crippen LogP contribution in [-0.2, 0) is 14.3 Å². The van der Waals surface area contributed by atoms with Crippen molar-refractivity contribution in [1.82, 2.24) is 10.6 Å². The van der Waals surface area contributed by atoms with Gasteiger partial charge in [-0.3, -0.25) is 9.59 Å². The van der Waals surface area contributed by atoms with E-state index in [0.29, 0.717) is 0 Å². The molecule has 1 amide bonds. The summed E-state index contributed by atoms with van der Waals surface area (Å²) in [7, 11) is 1.71. The van der Waals surface area contributed by atoms with Gasteiger partial charge in [0, 0.05) is 0 Å². The van der Waals surface area contributed by atoms with Crippen molar-refractivity contribution in [1.29, 1.82) is 0 Å². The molecule has 1 heterocycles. The third-order valence-corrected chi connectivity index (χ3v) is 2.42. The van der Waals surface area contributed by atoms with Crippen molar-refractivity contribution in [2.45, 2.75) is 38.5 Å². The topological polar surface area (TPSA) is 67.4 Å². The SMILES string of the molecule is CN[C@@H](C)C(=O)N[C@H]1CC(=O)OC1C. The van der Waals surface area contributed by atoms with Crippen LogP contribution in [0.5, 0.6) is 0 Å². The molecule has 2 N–H and O–H groups in total. The van der Waals surface area contributed by atoms with Gasteiger partial charge in [0.25, 0.3) is 0 Å². The normalized spacial score (nSPS) is 28.4. The molecular formula is C9H16N2O3. The van der Waals surface area contributed by atoms with E-state index in [1.807, 2.05) is 0 Å². The summed E-state index contributed by atoms with van der Waals surface area (Å²) in [6, 6.07) is -0.441. The summed E-state index contributed by atoms with van der Waals surface area (Å²) in [5, 5.41) is 5.59. The van der Waals surface area contributed by atoms with Gasteiger partial charge in [0.05, 0.1) is 18.5 Å². The Bertz CT molecular complexity index is 242. The number of carbonyl (C=O) groups is 2. The summed E-state index contributed by atoms with van der Waals surface area (Å²) in [6.45, 7) is 3.54. The molecule has 1 unspecified atom stereocenters. The standard InChI is InChI=1S/C9H16N2O3/c1-5(10-3)9(13)11-7-4-8(12)14-6(7)2/h5-7,10H,4H2,1-3H3,(H,11,13)/t5-,6?,7-/m0/s1. The molecule has 1 aliphatic heterocycles. The molecule has 1 aliphatic rings. The molecule has 1 rings (SSSR count). The minimum Gasteiger partial charge on any atom is -0.460 e. The zero-order valence-corrected chi connectivity index (χ0v) is 8.66. The van der Waals surface area contributed by atoms with Crippen LogP contribution in [-0.4, -0.2) is 37.1 Å². The Kier molecular flexibility index (Phi) is 3.46. The first kappa shape index (κ1) is 11.0. The van der Waals surface area contributed by atoms with Crippen molar-refractivity contribution >= 4 is 11.9 Å². The molecule has 14 heavy (non-hydrogen) atoms. The molecule has 1 saturated heterocycles. The van der Waals surface area contributed by atoms with Gasteiger partial charge in [-0.05, 0) is 20.9 Å². The summed E-state index contributed by atoms with van der Waals surface area (Å²) in [6.07, 6.45) is 0.0408. The molecule has 80 valence electrons. The fourth-order valence-electron chi connectivity index (χ4n) is 1.29. The van der Waals surface area contributed by atoms with Crippen molar-refractivity contribution in [2.75, 3.05) is 7.05 Å². The largest absolute Gasteiger partial charge is 0.460 e. The summed E-state index contributed by atoms with van der Waals surface area (Å²) in [5.41, 5.74) is 0. The maximum Gasteiger partial charge on any atom is 0.308 e. The molecule has 5 heteroatoms. The molecule has 0 spiro atoms. The fraction of sp³-hybridized carbons (Fsp3) is 0.778. The Morgan fingerprint density at radius 1 is 1.64 bits per heavy atom. The van der Waals surface area contributed by atoms with E-state index >= 15 is 0 Å². The highest BCUT2D eigenvalue weighted by atomic mass is 16.6. The van der Waals surface area contributed by atoms with Crippen LogP contribution in [0.15, 0.2) is 0 Å². The number of likely N-dealkylation sites (N-methyl/N-ethyl adjacent to an activating group) is 1. The second kappa shape index (κ2) is 4.41. The predicted octanol–water partition coefficient (Wildman–Crippen LogP) is -0.585. The van der Waals surface area contributed by atoms with Gasteiger partial charge in [-0.1, -0.05) is 0 Å². The van der Waals surface area contributed by atoms with E-state index < -0.39 is 0 Å². The number of hydrogen-bond acceptors (Lipinski definition) is 4. The minimum absolute atomic E-state index is 0.109. The zero-order valence-electron chi connectivity index (χ0n) is 8.66. The number of carbonyl (C=O) groups excluding carboxylic acids is 2. The third-order valence-electron chi connectivity index (χ3n) is 2.42. The molecule has 0 aromatic heterocycles. The number of rotatable bonds is 3. The number of ether oxygens (including phenoxy) is 1. The summed E-state index contributed by atoms with van der Waals surface area (Å²) in [4.78, 5) is 22.3. The van der Waals surface area contributed by atoms with Gasteiger partial charge in [-0.2, -0.15) is 0 Å². The quantitative estimate of drug-likeness (QED) is 0.598. The smallest absolute Gasteiger partial charge is 0.308 e. The first-order valence-electron chi connectivity index (χ1n) is 4.71. The average Bonchev–Trinajstić information content (AvgIpc) is 2.44. The number of esters is 1. The Hall–Kier alpha value is -1.10. The van der Waals surface area contributed by atoms with Gasteiger partial charge in [-0.15, -0.1) is 0 Å². The van der Waals surface area contributed by atoms with E-state index in [-0.39, 0.29) is 36.5 Å². The fourth-order valence-corrected chi connectivity index (χ4v) is 1.29. The second-order valence-electron chi connectivity index (χ2n) is 3.52. The molecule has 3 atom stereocenters. The van der Waals surface area contributed by atoms with Gasteiger partial charge >= 0.3 is 5.97 Å². The predicted molar refractivity (Wildman–Crippen MR) is 50.6 cm³/mol. The van der Waals surface area contributed by atoms with Crippen LogP contribution in [0, 0.1) is 0 Å². The molecule has 0 aromatic rings. The first-order valence-corrected chi connectivity index (χ1v) is 4.71. The van der Waals surface area contributed by atoms with E-state index in [4.69, 9.17) is 4.74 Å². The third kappa shape index (κ3) is 2.45. The number of cyclic esters (lactones) is 1. The monoisotopic (exact) mass is 200 g/mol. The zero-order chi connectivity index (χ0) is 10.7. The Balaban J connectivity index is 2.44. The average molecular weight is 200 g/mol. The van der Waals surface area contributed by atoms with Gasteiger partial charge < -0.3 is 15.4 Å². The molecule has 0 bridgehead atoms. The molecule has 5 nitrogen and oxygen atoms in total. The van der Waals surface area contributed by atoms with E-state index in [1.165, 1.54) is 0 Å². The lowest BCUT2D eigenvalue weighted by atomic mass is 10.1.